The smallest absolute Gasteiger partial charge is 0.310 e. The van der Waals surface area contributed by atoms with E-state index in [2.05, 4.69) is 0 Å². The van der Waals surface area contributed by atoms with Gasteiger partial charge >= 0.3 is 5.97 Å². The highest BCUT2D eigenvalue weighted by Crippen LogP contribution is 2.36. The number of carbonyl (C=O) groups is 1. The van der Waals surface area contributed by atoms with Crippen molar-refractivity contribution in [3.63, 3.8) is 0 Å². The van der Waals surface area contributed by atoms with Crippen molar-refractivity contribution in [2.75, 3.05) is 0 Å². The highest BCUT2D eigenvalue weighted by molar-refractivity contribution is 7.33. The quantitative estimate of drug-likeness (QED) is 0.881. The molecule has 18 heavy (non-hydrogen) atoms. The fraction of sp³-hybridized carbons (Fsp3) is 0.143. The Morgan fingerprint density at radius 2 is 2.06 bits per heavy atom. The van der Waals surface area contributed by atoms with Crippen molar-refractivity contribution in [3.05, 3.63) is 47.8 Å². The molecule has 3 nitrogen and oxygen atoms in total. The number of aliphatic carboxylic acids is 1. The number of carboxylic acids is 1. The average Bonchev–Trinajstić information content (AvgIpc) is 2.38. The minimum absolute atomic E-state index is 0.187. The van der Waals surface area contributed by atoms with Crippen molar-refractivity contribution in [3.8, 4) is 16.6 Å². The van der Waals surface area contributed by atoms with Crippen LogP contribution in [0.15, 0.2) is 42.2 Å². The van der Waals surface area contributed by atoms with E-state index >= 15 is 0 Å². The van der Waals surface area contributed by atoms with Gasteiger partial charge in [-0.3, -0.25) is 4.79 Å². The summed E-state index contributed by atoms with van der Waals surface area (Å²) < 4.78 is 0. The number of phenolic OH excluding ortho intramolecular Hbond substituents is 1. The summed E-state index contributed by atoms with van der Waals surface area (Å²) >= 11 is 0. The van der Waals surface area contributed by atoms with Crippen molar-refractivity contribution in [1.29, 1.82) is 0 Å². The number of benzene rings is 1. The lowest BCUT2D eigenvalue weighted by molar-refractivity contribution is -0.138. The Kier molecular flexibility index (Phi) is 3.63. The summed E-state index contributed by atoms with van der Waals surface area (Å²) in [6, 6.07) is 10.6. The Morgan fingerprint density at radius 3 is 2.72 bits per heavy atom. The first-order valence-electron chi connectivity index (χ1n) is 5.56. The summed E-state index contributed by atoms with van der Waals surface area (Å²) in [6.45, 7) is 1.67. The standard InChI is InChI=1S/C14H13O3P/c1-9(14(16)17)12-6-3-7-18-13(12)10-4-2-5-11(15)8-10/h2-9,15H,1H3,(H,16,17)/t9-/m0/s1. The van der Waals surface area contributed by atoms with Gasteiger partial charge in [0, 0.05) is 5.30 Å². The van der Waals surface area contributed by atoms with E-state index in [1.54, 1.807) is 25.1 Å². The van der Waals surface area contributed by atoms with Crippen LogP contribution in [-0.2, 0) is 4.79 Å². The van der Waals surface area contributed by atoms with Crippen LogP contribution in [0.1, 0.15) is 18.4 Å². The topological polar surface area (TPSA) is 57.5 Å². The maximum absolute atomic E-state index is 11.1. The maximum atomic E-state index is 11.1. The zero-order valence-electron chi connectivity index (χ0n) is 9.87. The summed E-state index contributed by atoms with van der Waals surface area (Å²) in [5.74, 6) is 0.744. The van der Waals surface area contributed by atoms with E-state index < -0.39 is 11.9 Å². The van der Waals surface area contributed by atoms with Crippen LogP contribution in [0.2, 0.25) is 0 Å². The van der Waals surface area contributed by atoms with Crippen LogP contribution in [0.3, 0.4) is 0 Å². The van der Waals surface area contributed by atoms with E-state index in [0.717, 1.165) is 24.6 Å². The highest BCUT2D eigenvalue weighted by atomic mass is 31.0. The van der Waals surface area contributed by atoms with Crippen molar-refractivity contribution >= 4 is 14.2 Å². The third-order valence-corrected chi connectivity index (χ3v) is 3.89. The predicted octanol–water partition coefficient (Wildman–Crippen LogP) is 3.83. The van der Waals surface area contributed by atoms with E-state index in [4.69, 9.17) is 5.11 Å². The molecule has 0 saturated heterocycles. The molecule has 0 aliphatic rings. The highest BCUT2D eigenvalue weighted by Gasteiger charge is 2.18. The van der Waals surface area contributed by atoms with Gasteiger partial charge in [0.05, 0.1) is 5.92 Å². The molecular weight excluding hydrogens is 247 g/mol. The molecule has 1 atom stereocenters. The molecule has 4 heteroatoms. The first-order chi connectivity index (χ1) is 8.59. The molecule has 0 amide bonds. The van der Waals surface area contributed by atoms with Crippen LogP contribution >= 0.6 is 8.19 Å². The van der Waals surface area contributed by atoms with Gasteiger partial charge in [-0.25, -0.2) is 0 Å². The van der Waals surface area contributed by atoms with E-state index in [1.165, 1.54) is 0 Å². The number of carboxylic acid groups (broad SMARTS) is 1. The van der Waals surface area contributed by atoms with Crippen LogP contribution in [0.4, 0.5) is 0 Å². The van der Waals surface area contributed by atoms with E-state index in [-0.39, 0.29) is 5.75 Å². The van der Waals surface area contributed by atoms with Crippen molar-refractivity contribution < 1.29 is 15.0 Å². The molecule has 0 fully saturated rings. The molecule has 0 radical (unpaired) electrons. The van der Waals surface area contributed by atoms with Crippen LogP contribution in [0.5, 0.6) is 5.75 Å². The molecule has 0 saturated carbocycles. The molecule has 2 rings (SSSR count). The molecule has 2 N–H and O–H groups in total. The predicted molar refractivity (Wildman–Crippen MR) is 72.1 cm³/mol. The van der Waals surface area contributed by atoms with Gasteiger partial charge in [0.15, 0.2) is 0 Å². The molecule has 1 aromatic heterocycles. The Hall–Kier alpha value is -1.86. The summed E-state index contributed by atoms with van der Waals surface area (Å²) in [7, 11) is 0.949. The van der Waals surface area contributed by atoms with Crippen molar-refractivity contribution in [2.45, 2.75) is 12.8 Å². The second-order valence-electron chi connectivity index (χ2n) is 4.05. The zero-order valence-corrected chi connectivity index (χ0v) is 10.8. The monoisotopic (exact) mass is 260 g/mol. The van der Waals surface area contributed by atoms with Crippen molar-refractivity contribution in [2.24, 2.45) is 0 Å². The summed E-state index contributed by atoms with van der Waals surface area (Å²) in [6.07, 6.45) is 0. The lowest BCUT2D eigenvalue weighted by Gasteiger charge is -2.12. The Labute approximate surface area is 107 Å². The maximum Gasteiger partial charge on any atom is 0.310 e. The van der Waals surface area contributed by atoms with Crippen LogP contribution < -0.4 is 0 Å². The van der Waals surface area contributed by atoms with Gasteiger partial charge in [0.2, 0.25) is 0 Å². The third-order valence-electron chi connectivity index (χ3n) is 2.80. The number of rotatable bonds is 3. The Bertz CT molecular complexity index is 581. The fourth-order valence-corrected chi connectivity index (χ4v) is 2.82. The third kappa shape index (κ3) is 2.52. The van der Waals surface area contributed by atoms with Gasteiger partial charge < -0.3 is 10.2 Å². The van der Waals surface area contributed by atoms with Crippen LogP contribution in [0.25, 0.3) is 10.9 Å². The van der Waals surface area contributed by atoms with Gasteiger partial charge in [0.1, 0.15) is 5.75 Å². The molecule has 2 aromatic rings. The number of hydrogen-bond acceptors (Lipinski definition) is 2. The molecule has 0 aliphatic carbocycles. The number of aromatic hydroxyl groups is 1. The van der Waals surface area contributed by atoms with E-state index in [1.807, 2.05) is 24.0 Å². The van der Waals surface area contributed by atoms with E-state index in [9.17, 15) is 9.90 Å². The first-order valence-corrected chi connectivity index (χ1v) is 6.53. The second-order valence-corrected chi connectivity index (χ2v) is 5.06. The number of phenols is 1. The molecule has 92 valence electrons. The Balaban J connectivity index is 2.55. The van der Waals surface area contributed by atoms with Crippen LogP contribution in [0, 0.1) is 0 Å². The number of hydrogen-bond donors (Lipinski definition) is 2. The molecule has 1 heterocycles. The fourth-order valence-electron chi connectivity index (χ4n) is 1.79. The SMILES string of the molecule is C[C@H](C(=O)O)c1cccpc1-c1cccc(O)c1. The van der Waals surface area contributed by atoms with Gasteiger partial charge in [-0.15, -0.1) is 0 Å². The zero-order chi connectivity index (χ0) is 13.1. The largest absolute Gasteiger partial charge is 0.508 e. The lowest BCUT2D eigenvalue weighted by atomic mass is 9.98. The summed E-state index contributed by atoms with van der Waals surface area (Å²) in [5.41, 5.74) is 1.65. The second kappa shape index (κ2) is 5.19. The van der Waals surface area contributed by atoms with E-state index in [0.29, 0.717) is 0 Å². The van der Waals surface area contributed by atoms with Gasteiger partial charge in [-0.05, 0) is 36.0 Å². The normalized spacial score (nSPS) is 12.5. The minimum atomic E-state index is -0.843. The average molecular weight is 260 g/mol. The van der Waals surface area contributed by atoms with Gasteiger partial charge in [-0.2, -0.15) is 0 Å². The molecule has 1 aromatic carbocycles. The molecular formula is C14H13O3P. The van der Waals surface area contributed by atoms with Crippen molar-refractivity contribution in [1.82, 2.24) is 0 Å². The molecule has 0 unspecified atom stereocenters. The Morgan fingerprint density at radius 1 is 1.28 bits per heavy atom. The van der Waals surface area contributed by atoms with Gasteiger partial charge in [0.25, 0.3) is 0 Å². The minimum Gasteiger partial charge on any atom is -0.508 e. The van der Waals surface area contributed by atoms with Gasteiger partial charge in [-0.1, -0.05) is 32.5 Å². The summed E-state index contributed by atoms with van der Waals surface area (Å²) in [5, 5.41) is 19.6. The van der Waals surface area contributed by atoms with Crippen LogP contribution in [-0.4, -0.2) is 16.2 Å². The molecule has 0 bridgehead atoms. The first kappa shape index (κ1) is 12.6. The molecule has 0 aliphatic heterocycles. The summed E-state index contributed by atoms with van der Waals surface area (Å²) in [4.78, 5) is 11.1. The lowest BCUT2D eigenvalue weighted by Crippen LogP contribution is -2.07. The molecule has 0 spiro atoms.